The maximum Gasteiger partial charge on any atom is 0.416 e. The lowest BCUT2D eigenvalue weighted by Gasteiger charge is -2.14. The van der Waals surface area contributed by atoms with Gasteiger partial charge in [0.05, 0.1) is 11.3 Å². The largest absolute Gasteiger partial charge is 0.416 e. The second kappa shape index (κ2) is 8.07. The molecule has 8 heteroatoms. The zero-order valence-corrected chi connectivity index (χ0v) is 14.3. The number of nitrogens with zero attached hydrogens (tertiary/aromatic N) is 1. The molecule has 0 aliphatic heterocycles. The van der Waals surface area contributed by atoms with E-state index in [1.165, 1.54) is 18.2 Å². The van der Waals surface area contributed by atoms with Crippen LogP contribution in [0.5, 0.6) is 0 Å². The van der Waals surface area contributed by atoms with Crippen LogP contribution in [-0.2, 0) is 19.3 Å². The molecule has 0 atom stereocenters. The van der Waals surface area contributed by atoms with Gasteiger partial charge in [0, 0.05) is 27.2 Å². The van der Waals surface area contributed by atoms with Crippen LogP contribution in [0.3, 0.4) is 0 Å². The Hall–Kier alpha value is -2.77. The lowest BCUT2D eigenvalue weighted by molar-refractivity contribution is -0.137. The van der Waals surface area contributed by atoms with E-state index in [2.05, 4.69) is 10.6 Å². The van der Waals surface area contributed by atoms with Gasteiger partial charge in [-0.15, -0.1) is 0 Å². The van der Waals surface area contributed by atoms with E-state index in [0.717, 1.165) is 12.1 Å². The van der Waals surface area contributed by atoms with Crippen LogP contribution in [0.4, 0.5) is 28.0 Å². The van der Waals surface area contributed by atoms with Crippen molar-refractivity contribution in [1.82, 2.24) is 10.6 Å². The van der Waals surface area contributed by atoms with Crippen molar-refractivity contribution in [2.45, 2.75) is 19.3 Å². The monoisotopic (exact) mass is 369 g/mol. The summed E-state index contributed by atoms with van der Waals surface area (Å²) in [6.07, 6.45) is -4.43. The average Bonchev–Trinajstić information content (AvgIpc) is 2.57. The van der Waals surface area contributed by atoms with Gasteiger partial charge in [-0.2, -0.15) is 13.2 Å². The molecule has 0 saturated carbocycles. The van der Waals surface area contributed by atoms with Gasteiger partial charge in [-0.3, -0.25) is 0 Å². The van der Waals surface area contributed by atoms with E-state index in [-0.39, 0.29) is 13.1 Å². The molecule has 2 aromatic rings. The number of carbonyl (C=O) groups excluding carboxylic acids is 1. The van der Waals surface area contributed by atoms with E-state index in [9.17, 15) is 22.4 Å². The average molecular weight is 369 g/mol. The zero-order chi connectivity index (χ0) is 19.3. The standard InChI is InChI=1S/C18H19F4N3O/c1-25(2)16-7-6-13(9-15(16)19)11-24-17(26)23-10-12-4-3-5-14(8-12)18(20,21)22/h3-9H,10-11H2,1-2H3,(H2,23,24,26). The number of rotatable bonds is 5. The predicted molar refractivity (Wildman–Crippen MR) is 91.2 cm³/mol. The number of hydrogen-bond donors (Lipinski definition) is 2. The number of hydrogen-bond acceptors (Lipinski definition) is 2. The van der Waals surface area contributed by atoms with Gasteiger partial charge >= 0.3 is 12.2 Å². The Kier molecular flexibility index (Phi) is 6.07. The summed E-state index contributed by atoms with van der Waals surface area (Å²) in [7, 11) is 3.44. The van der Waals surface area contributed by atoms with Crippen LogP contribution in [0.25, 0.3) is 0 Å². The summed E-state index contributed by atoms with van der Waals surface area (Å²) in [6, 6.07) is 8.78. The van der Waals surface area contributed by atoms with Crippen molar-refractivity contribution < 1.29 is 22.4 Å². The number of amides is 2. The molecule has 0 aromatic heterocycles. The number of carbonyl (C=O) groups is 1. The lowest BCUT2D eigenvalue weighted by atomic mass is 10.1. The van der Waals surface area contributed by atoms with Gasteiger partial charge in [-0.25, -0.2) is 9.18 Å². The van der Waals surface area contributed by atoms with E-state index < -0.39 is 23.6 Å². The Morgan fingerprint density at radius 2 is 1.62 bits per heavy atom. The van der Waals surface area contributed by atoms with Crippen molar-refractivity contribution in [2.24, 2.45) is 0 Å². The second-order valence-corrected chi connectivity index (χ2v) is 5.91. The van der Waals surface area contributed by atoms with Gasteiger partial charge in [-0.1, -0.05) is 18.2 Å². The summed E-state index contributed by atoms with van der Waals surface area (Å²) >= 11 is 0. The van der Waals surface area contributed by atoms with E-state index in [1.807, 2.05) is 0 Å². The van der Waals surface area contributed by atoms with Crippen LogP contribution in [0.15, 0.2) is 42.5 Å². The van der Waals surface area contributed by atoms with Gasteiger partial charge in [0.1, 0.15) is 5.82 Å². The summed E-state index contributed by atoms with van der Waals surface area (Å²) < 4.78 is 51.8. The third-order valence-electron chi connectivity index (χ3n) is 3.65. The maximum atomic E-state index is 13.9. The zero-order valence-electron chi connectivity index (χ0n) is 14.3. The molecule has 2 rings (SSSR count). The van der Waals surface area contributed by atoms with E-state index >= 15 is 0 Å². The van der Waals surface area contributed by atoms with Crippen LogP contribution in [0, 0.1) is 5.82 Å². The molecule has 26 heavy (non-hydrogen) atoms. The van der Waals surface area contributed by atoms with Crippen LogP contribution in [0.1, 0.15) is 16.7 Å². The molecule has 2 amide bonds. The fourth-order valence-electron chi connectivity index (χ4n) is 2.31. The van der Waals surface area contributed by atoms with E-state index in [0.29, 0.717) is 16.8 Å². The van der Waals surface area contributed by atoms with Gasteiger partial charge < -0.3 is 15.5 Å². The minimum atomic E-state index is -4.43. The summed E-state index contributed by atoms with van der Waals surface area (Å²) in [4.78, 5) is 13.4. The van der Waals surface area contributed by atoms with Gasteiger partial charge in [0.2, 0.25) is 0 Å². The van der Waals surface area contributed by atoms with Crippen LogP contribution in [-0.4, -0.2) is 20.1 Å². The van der Waals surface area contributed by atoms with Crippen molar-refractivity contribution in [3.8, 4) is 0 Å². The molecule has 0 aliphatic rings. The molecule has 2 aromatic carbocycles. The topological polar surface area (TPSA) is 44.4 Å². The molecule has 0 saturated heterocycles. The summed E-state index contributed by atoms with van der Waals surface area (Å²) in [6.45, 7) is 0.0444. The van der Waals surface area contributed by atoms with Gasteiger partial charge in [0.15, 0.2) is 0 Å². The molecular formula is C18H19F4N3O. The number of alkyl halides is 3. The molecule has 140 valence electrons. The van der Waals surface area contributed by atoms with Crippen molar-refractivity contribution in [1.29, 1.82) is 0 Å². The van der Waals surface area contributed by atoms with Crippen molar-refractivity contribution >= 4 is 11.7 Å². The summed E-state index contributed by atoms with van der Waals surface area (Å²) in [5.74, 6) is -0.404. The number of anilines is 1. The molecule has 0 unspecified atom stereocenters. The van der Waals surface area contributed by atoms with Crippen LogP contribution < -0.4 is 15.5 Å². The van der Waals surface area contributed by atoms with E-state index in [1.54, 1.807) is 31.1 Å². The SMILES string of the molecule is CN(C)c1ccc(CNC(=O)NCc2cccc(C(F)(F)F)c2)cc1F. The summed E-state index contributed by atoms with van der Waals surface area (Å²) in [5, 5.41) is 5.01. The maximum absolute atomic E-state index is 13.9. The highest BCUT2D eigenvalue weighted by atomic mass is 19.4. The minimum Gasteiger partial charge on any atom is -0.375 e. The van der Waals surface area contributed by atoms with Crippen molar-refractivity contribution in [3.05, 3.63) is 65.0 Å². The number of urea groups is 1. The number of benzene rings is 2. The molecule has 2 N–H and O–H groups in total. The molecule has 0 fully saturated rings. The van der Waals surface area contributed by atoms with Crippen LogP contribution >= 0.6 is 0 Å². The molecule has 0 heterocycles. The highest BCUT2D eigenvalue weighted by molar-refractivity contribution is 5.73. The molecule has 0 spiro atoms. The molecule has 0 aliphatic carbocycles. The quantitative estimate of drug-likeness (QED) is 0.785. The summed E-state index contributed by atoms with van der Waals surface area (Å²) in [5.41, 5.74) is 0.565. The number of nitrogens with one attached hydrogen (secondary N) is 2. The normalized spacial score (nSPS) is 11.2. The highest BCUT2D eigenvalue weighted by Gasteiger charge is 2.30. The molecule has 0 bridgehead atoms. The van der Waals surface area contributed by atoms with E-state index in [4.69, 9.17) is 0 Å². The Bertz CT molecular complexity index is 775. The Labute approximate surface area is 148 Å². The Morgan fingerprint density at radius 1 is 1.00 bits per heavy atom. The fourth-order valence-corrected chi connectivity index (χ4v) is 2.31. The lowest BCUT2D eigenvalue weighted by Crippen LogP contribution is -2.34. The molecular weight excluding hydrogens is 350 g/mol. The first-order valence-electron chi connectivity index (χ1n) is 7.80. The first-order valence-corrected chi connectivity index (χ1v) is 7.80. The first kappa shape index (κ1) is 19.6. The first-order chi connectivity index (χ1) is 12.2. The third kappa shape index (κ3) is 5.37. The smallest absolute Gasteiger partial charge is 0.375 e. The fraction of sp³-hybridized carbons (Fsp3) is 0.278. The minimum absolute atomic E-state index is 0.0519. The predicted octanol–water partition coefficient (Wildman–Crippen LogP) is 3.91. The van der Waals surface area contributed by atoms with Crippen molar-refractivity contribution in [2.75, 3.05) is 19.0 Å². The second-order valence-electron chi connectivity index (χ2n) is 5.91. The van der Waals surface area contributed by atoms with Gasteiger partial charge in [-0.05, 0) is 35.4 Å². The molecule has 0 radical (unpaired) electrons. The van der Waals surface area contributed by atoms with Crippen molar-refractivity contribution in [3.63, 3.8) is 0 Å². The van der Waals surface area contributed by atoms with Gasteiger partial charge in [0.25, 0.3) is 0 Å². The molecule has 4 nitrogen and oxygen atoms in total. The Morgan fingerprint density at radius 3 is 2.15 bits per heavy atom. The number of halogens is 4. The highest BCUT2D eigenvalue weighted by Crippen LogP contribution is 2.29. The van der Waals surface area contributed by atoms with Crippen LogP contribution in [0.2, 0.25) is 0 Å². The third-order valence-corrected chi connectivity index (χ3v) is 3.65. The Balaban J connectivity index is 1.87.